The molecule has 1 aromatic heterocycles. The van der Waals surface area contributed by atoms with Crippen molar-refractivity contribution in [1.29, 1.82) is 0 Å². The largest absolute Gasteiger partial charge is 0.344 e. The Hall–Kier alpha value is -0.680. The summed E-state index contributed by atoms with van der Waals surface area (Å²) in [5, 5.41) is 4.57. The number of hydrogen-bond donors (Lipinski definition) is 1. The zero-order valence-corrected chi connectivity index (χ0v) is 11.2. The second kappa shape index (κ2) is 4.90. The van der Waals surface area contributed by atoms with Gasteiger partial charge in [-0.1, -0.05) is 0 Å². The average molecular weight is 252 g/mol. The van der Waals surface area contributed by atoms with Gasteiger partial charge >= 0.3 is 0 Å². The molecule has 0 unspecified atom stereocenters. The molecule has 0 atom stereocenters. The van der Waals surface area contributed by atoms with E-state index in [0.717, 1.165) is 22.9 Å². The fourth-order valence-corrected chi connectivity index (χ4v) is 3.27. The van der Waals surface area contributed by atoms with Crippen LogP contribution in [0.3, 0.4) is 0 Å². The number of rotatable bonds is 4. The molecule has 1 N–H and O–H groups in total. The summed E-state index contributed by atoms with van der Waals surface area (Å²) in [6.45, 7) is 5.52. The summed E-state index contributed by atoms with van der Waals surface area (Å²) in [6, 6.07) is 0.747. The number of nitrogens with one attached hydrogen (secondary N) is 1. The number of nitrogens with zero attached hydrogens (tertiary/aromatic N) is 3. The molecule has 5 heteroatoms. The number of aromatic nitrogens is 2. The molecule has 17 heavy (non-hydrogen) atoms. The van der Waals surface area contributed by atoms with Crippen molar-refractivity contribution >= 4 is 16.7 Å². The van der Waals surface area contributed by atoms with E-state index in [-0.39, 0.29) is 0 Å². The lowest BCUT2D eigenvalue weighted by Gasteiger charge is -2.29. The molecular formula is C12H20N4S. The summed E-state index contributed by atoms with van der Waals surface area (Å²) in [5.41, 5.74) is 0. The van der Waals surface area contributed by atoms with Crippen LogP contribution < -0.4 is 10.2 Å². The van der Waals surface area contributed by atoms with Crippen molar-refractivity contribution in [1.82, 2.24) is 14.7 Å². The van der Waals surface area contributed by atoms with Crippen molar-refractivity contribution in [2.45, 2.75) is 38.6 Å². The first-order valence-electron chi connectivity index (χ1n) is 6.60. The highest BCUT2D eigenvalue weighted by atomic mass is 32.1. The van der Waals surface area contributed by atoms with E-state index in [4.69, 9.17) is 0 Å². The van der Waals surface area contributed by atoms with E-state index in [1.165, 1.54) is 45.3 Å². The highest BCUT2D eigenvalue weighted by molar-refractivity contribution is 7.09. The molecule has 94 valence electrons. The van der Waals surface area contributed by atoms with Gasteiger partial charge in [-0.05, 0) is 51.6 Å². The first-order chi connectivity index (χ1) is 8.33. The van der Waals surface area contributed by atoms with Gasteiger partial charge in [-0.3, -0.25) is 0 Å². The molecule has 2 heterocycles. The normalized spacial score (nSPS) is 21.7. The van der Waals surface area contributed by atoms with Crippen LogP contribution in [0.15, 0.2) is 0 Å². The molecule has 1 aromatic rings. The monoisotopic (exact) mass is 252 g/mol. The van der Waals surface area contributed by atoms with Gasteiger partial charge in [0, 0.05) is 24.1 Å². The number of piperidine rings is 1. The Kier molecular flexibility index (Phi) is 3.29. The van der Waals surface area contributed by atoms with E-state index in [1.54, 1.807) is 11.5 Å². The van der Waals surface area contributed by atoms with Crippen molar-refractivity contribution in [2.75, 3.05) is 24.5 Å². The fraction of sp³-hybridized carbons (Fsp3) is 0.833. The quantitative estimate of drug-likeness (QED) is 0.887. The van der Waals surface area contributed by atoms with E-state index < -0.39 is 0 Å². The van der Waals surface area contributed by atoms with Crippen molar-refractivity contribution in [3.8, 4) is 0 Å². The third-order valence-electron chi connectivity index (χ3n) is 3.66. The summed E-state index contributed by atoms with van der Waals surface area (Å²) < 4.78 is 4.32. The molecule has 1 aliphatic heterocycles. The van der Waals surface area contributed by atoms with E-state index >= 15 is 0 Å². The Labute approximate surface area is 107 Å². The van der Waals surface area contributed by atoms with Crippen LogP contribution >= 0.6 is 11.5 Å². The average Bonchev–Trinajstić information content (AvgIpc) is 3.10. The molecule has 2 aliphatic rings. The Morgan fingerprint density at radius 2 is 2.06 bits per heavy atom. The second-order valence-corrected chi connectivity index (χ2v) is 5.93. The molecule has 1 saturated carbocycles. The van der Waals surface area contributed by atoms with Crippen LogP contribution in [0.2, 0.25) is 0 Å². The lowest BCUT2D eigenvalue weighted by molar-refractivity contribution is 0.372. The third-order valence-corrected chi connectivity index (χ3v) is 4.51. The van der Waals surface area contributed by atoms with Gasteiger partial charge in [-0.15, -0.1) is 0 Å². The summed E-state index contributed by atoms with van der Waals surface area (Å²) in [5.74, 6) is 1.75. The summed E-state index contributed by atoms with van der Waals surface area (Å²) in [4.78, 5) is 7.07. The van der Waals surface area contributed by atoms with Crippen LogP contribution in [0.4, 0.5) is 5.13 Å². The van der Waals surface area contributed by atoms with E-state index in [0.29, 0.717) is 0 Å². The molecule has 0 aromatic carbocycles. The Bertz CT molecular complexity index is 368. The van der Waals surface area contributed by atoms with Crippen LogP contribution in [0.5, 0.6) is 0 Å². The SMILES string of the molecule is Cc1nsc(N(CC2CCNCC2)C2CC2)n1. The smallest absolute Gasteiger partial charge is 0.205 e. The van der Waals surface area contributed by atoms with Crippen molar-refractivity contribution < 1.29 is 0 Å². The predicted molar refractivity (Wildman–Crippen MR) is 70.6 cm³/mol. The van der Waals surface area contributed by atoms with E-state index in [1.807, 2.05) is 6.92 Å². The molecular weight excluding hydrogens is 232 g/mol. The third kappa shape index (κ3) is 2.77. The van der Waals surface area contributed by atoms with Gasteiger partial charge in [0.1, 0.15) is 5.82 Å². The van der Waals surface area contributed by atoms with Crippen LogP contribution in [0, 0.1) is 12.8 Å². The fourth-order valence-electron chi connectivity index (χ4n) is 2.51. The lowest BCUT2D eigenvalue weighted by Crippen LogP contribution is -2.37. The van der Waals surface area contributed by atoms with Gasteiger partial charge < -0.3 is 10.2 Å². The Morgan fingerprint density at radius 1 is 1.29 bits per heavy atom. The molecule has 0 spiro atoms. The first kappa shape index (κ1) is 11.4. The minimum atomic E-state index is 0.747. The van der Waals surface area contributed by atoms with Gasteiger partial charge in [0.05, 0.1) is 0 Å². The van der Waals surface area contributed by atoms with Gasteiger partial charge in [0.25, 0.3) is 0 Å². The number of anilines is 1. The molecule has 0 bridgehead atoms. The molecule has 1 aliphatic carbocycles. The predicted octanol–water partition coefficient (Wildman–Crippen LogP) is 1.81. The van der Waals surface area contributed by atoms with Crippen LogP contribution in [-0.4, -0.2) is 35.0 Å². The maximum atomic E-state index is 4.56. The van der Waals surface area contributed by atoms with Gasteiger partial charge in [-0.2, -0.15) is 4.37 Å². The van der Waals surface area contributed by atoms with Crippen LogP contribution in [0.1, 0.15) is 31.5 Å². The van der Waals surface area contributed by atoms with Gasteiger partial charge in [-0.25, -0.2) is 4.98 Å². The topological polar surface area (TPSA) is 41.1 Å². The Morgan fingerprint density at radius 3 is 2.65 bits per heavy atom. The minimum Gasteiger partial charge on any atom is -0.344 e. The number of aryl methyl sites for hydroxylation is 1. The second-order valence-electron chi connectivity index (χ2n) is 5.20. The molecule has 0 radical (unpaired) electrons. The van der Waals surface area contributed by atoms with Crippen molar-refractivity contribution in [2.24, 2.45) is 5.92 Å². The maximum absolute atomic E-state index is 4.56. The Balaban J connectivity index is 1.67. The zero-order valence-electron chi connectivity index (χ0n) is 10.4. The minimum absolute atomic E-state index is 0.747. The zero-order chi connectivity index (χ0) is 11.7. The van der Waals surface area contributed by atoms with Gasteiger partial charge in [0.15, 0.2) is 0 Å². The van der Waals surface area contributed by atoms with Crippen molar-refractivity contribution in [3.63, 3.8) is 0 Å². The molecule has 3 rings (SSSR count). The standard InChI is InChI=1S/C12H20N4S/c1-9-14-12(17-15-9)16(11-2-3-11)8-10-4-6-13-7-5-10/h10-11,13H,2-8H2,1H3. The summed E-state index contributed by atoms with van der Waals surface area (Å²) >= 11 is 1.56. The highest BCUT2D eigenvalue weighted by Gasteiger charge is 2.32. The molecule has 4 nitrogen and oxygen atoms in total. The van der Waals surface area contributed by atoms with E-state index in [9.17, 15) is 0 Å². The maximum Gasteiger partial charge on any atom is 0.205 e. The van der Waals surface area contributed by atoms with Crippen molar-refractivity contribution in [3.05, 3.63) is 5.82 Å². The molecule has 2 fully saturated rings. The summed E-state index contributed by atoms with van der Waals surface area (Å²) in [7, 11) is 0. The molecule has 0 amide bonds. The van der Waals surface area contributed by atoms with Crippen LogP contribution in [-0.2, 0) is 0 Å². The molecule has 1 saturated heterocycles. The van der Waals surface area contributed by atoms with Gasteiger partial charge in [0.2, 0.25) is 5.13 Å². The van der Waals surface area contributed by atoms with Crippen LogP contribution in [0.25, 0.3) is 0 Å². The summed E-state index contributed by atoms with van der Waals surface area (Å²) in [6.07, 6.45) is 5.29. The lowest BCUT2D eigenvalue weighted by atomic mass is 9.97. The first-order valence-corrected chi connectivity index (χ1v) is 7.38. The highest BCUT2D eigenvalue weighted by Crippen LogP contribution is 2.34. The van der Waals surface area contributed by atoms with E-state index in [2.05, 4.69) is 19.6 Å². The number of hydrogen-bond acceptors (Lipinski definition) is 5.